The van der Waals surface area contributed by atoms with E-state index in [-0.39, 0.29) is 6.54 Å². The van der Waals surface area contributed by atoms with E-state index < -0.39 is 10.0 Å². The molecule has 1 aromatic rings. The first-order valence-electron chi connectivity index (χ1n) is 6.41. The van der Waals surface area contributed by atoms with Gasteiger partial charge in [-0.25, -0.2) is 13.1 Å². The quantitative estimate of drug-likeness (QED) is 0.823. The smallest absolute Gasteiger partial charge is 0.240 e. The van der Waals surface area contributed by atoms with E-state index in [1.807, 2.05) is 0 Å². The molecule has 1 aromatic carbocycles. The Labute approximate surface area is 109 Å². The van der Waals surface area contributed by atoms with E-state index in [9.17, 15) is 8.42 Å². The number of nitrogens with one attached hydrogen (secondary N) is 1. The van der Waals surface area contributed by atoms with Gasteiger partial charge < -0.3 is 5.73 Å². The minimum absolute atomic E-state index is 0.236. The average Bonchev–Trinajstić information content (AvgIpc) is 2.32. The molecule has 5 heteroatoms. The van der Waals surface area contributed by atoms with Crippen LogP contribution in [0.15, 0.2) is 29.2 Å². The maximum atomic E-state index is 12.1. The summed E-state index contributed by atoms with van der Waals surface area (Å²) in [6, 6.07) is 6.88. The molecule has 0 bridgehead atoms. The average molecular weight is 268 g/mol. The van der Waals surface area contributed by atoms with Crippen molar-refractivity contribution < 1.29 is 8.42 Å². The summed E-state index contributed by atoms with van der Waals surface area (Å²) in [6.45, 7) is 0.756. The molecule has 0 aliphatic heterocycles. The maximum Gasteiger partial charge on any atom is 0.240 e. The van der Waals surface area contributed by atoms with Gasteiger partial charge in [-0.2, -0.15) is 0 Å². The van der Waals surface area contributed by atoms with Gasteiger partial charge in [0.2, 0.25) is 10.0 Å². The van der Waals surface area contributed by atoms with Gasteiger partial charge in [-0.3, -0.25) is 0 Å². The fourth-order valence-corrected chi connectivity index (χ4v) is 3.49. The molecule has 18 heavy (non-hydrogen) atoms. The maximum absolute atomic E-state index is 12.1. The molecule has 1 aliphatic rings. The van der Waals surface area contributed by atoms with Gasteiger partial charge in [0.15, 0.2) is 0 Å². The van der Waals surface area contributed by atoms with Gasteiger partial charge in [-0.1, -0.05) is 37.5 Å². The number of hydrogen-bond acceptors (Lipinski definition) is 3. The van der Waals surface area contributed by atoms with E-state index in [1.54, 1.807) is 24.3 Å². The highest BCUT2D eigenvalue weighted by molar-refractivity contribution is 7.89. The first-order chi connectivity index (χ1) is 8.63. The molecule has 0 unspecified atom stereocenters. The zero-order valence-corrected chi connectivity index (χ0v) is 11.2. The second kappa shape index (κ2) is 5.82. The lowest BCUT2D eigenvalue weighted by Crippen LogP contribution is -2.28. The van der Waals surface area contributed by atoms with E-state index in [0.717, 1.165) is 6.42 Å². The Morgan fingerprint density at radius 1 is 1.28 bits per heavy atom. The molecule has 0 spiro atoms. The molecule has 4 nitrogen and oxygen atoms in total. The fraction of sp³-hybridized carbons (Fsp3) is 0.538. The molecule has 0 amide bonds. The molecule has 0 atom stereocenters. The summed E-state index contributed by atoms with van der Waals surface area (Å²) in [5.74, 6) is 0.706. The van der Waals surface area contributed by atoms with E-state index in [2.05, 4.69) is 4.72 Å². The highest BCUT2D eigenvalue weighted by Crippen LogP contribution is 2.28. The van der Waals surface area contributed by atoms with Gasteiger partial charge >= 0.3 is 0 Å². The first kappa shape index (κ1) is 13.5. The van der Waals surface area contributed by atoms with Gasteiger partial charge in [0.05, 0.1) is 4.90 Å². The van der Waals surface area contributed by atoms with Crippen LogP contribution in [0.4, 0.5) is 0 Å². The van der Waals surface area contributed by atoms with Crippen LogP contribution in [0.2, 0.25) is 0 Å². The highest BCUT2D eigenvalue weighted by Gasteiger charge is 2.20. The number of nitrogens with two attached hydrogens (primary N) is 1. The van der Waals surface area contributed by atoms with Gasteiger partial charge in [0.1, 0.15) is 0 Å². The Morgan fingerprint density at radius 2 is 2.00 bits per heavy atom. The molecule has 2 rings (SSSR count). The van der Waals surface area contributed by atoms with Crippen molar-refractivity contribution in [1.29, 1.82) is 0 Å². The predicted octanol–water partition coefficient (Wildman–Crippen LogP) is 1.61. The normalized spacial score (nSPS) is 16.5. The van der Waals surface area contributed by atoms with Crippen LogP contribution in [0.25, 0.3) is 0 Å². The molecule has 1 aliphatic carbocycles. The van der Waals surface area contributed by atoms with Crippen molar-refractivity contribution in [2.24, 2.45) is 11.7 Å². The number of hydrogen-bond donors (Lipinski definition) is 2. The summed E-state index contributed by atoms with van der Waals surface area (Å²) >= 11 is 0. The Hall–Kier alpha value is -0.910. The lowest BCUT2D eigenvalue weighted by Gasteiger charge is -2.25. The molecule has 3 N–H and O–H groups in total. The number of sulfonamides is 1. The van der Waals surface area contributed by atoms with Crippen LogP contribution in [0.3, 0.4) is 0 Å². The van der Waals surface area contributed by atoms with Crippen molar-refractivity contribution in [3.63, 3.8) is 0 Å². The van der Waals surface area contributed by atoms with Gasteiger partial charge in [-0.05, 0) is 24.0 Å². The molecule has 0 radical (unpaired) electrons. The van der Waals surface area contributed by atoms with Crippen LogP contribution in [0, 0.1) is 5.92 Å². The Kier molecular flexibility index (Phi) is 4.37. The summed E-state index contributed by atoms with van der Waals surface area (Å²) < 4.78 is 26.9. The standard InChI is InChI=1S/C13H20N2O2S/c14-10-12-6-1-2-7-13(12)18(16,17)15-9-8-11-4-3-5-11/h1-2,6-7,11,15H,3-5,8-10,14H2. The monoisotopic (exact) mass is 268 g/mol. The van der Waals surface area contributed by atoms with E-state index in [0.29, 0.717) is 22.9 Å². The van der Waals surface area contributed by atoms with Crippen LogP contribution in [0.5, 0.6) is 0 Å². The van der Waals surface area contributed by atoms with Crippen LogP contribution in [0.1, 0.15) is 31.2 Å². The third-order valence-electron chi connectivity index (χ3n) is 3.55. The zero-order chi connectivity index (χ0) is 13.0. The Balaban J connectivity index is 2.00. The topological polar surface area (TPSA) is 72.2 Å². The van der Waals surface area contributed by atoms with Crippen molar-refractivity contribution in [3.05, 3.63) is 29.8 Å². The van der Waals surface area contributed by atoms with Crippen LogP contribution in [-0.4, -0.2) is 15.0 Å². The van der Waals surface area contributed by atoms with Crippen molar-refractivity contribution in [2.75, 3.05) is 6.54 Å². The van der Waals surface area contributed by atoms with Crippen molar-refractivity contribution in [1.82, 2.24) is 4.72 Å². The van der Waals surface area contributed by atoms with Gasteiger partial charge in [-0.15, -0.1) is 0 Å². The van der Waals surface area contributed by atoms with E-state index in [1.165, 1.54) is 19.3 Å². The minimum atomic E-state index is -3.41. The molecule has 0 heterocycles. The second-order valence-electron chi connectivity index (χ2n) is 4.80. The van der Waals surface area contributed by atoms with Gasteiger partial charge in [0.25, 0.3) is 0 Å². The van der Waals surface area contributed by atoms with Gasteiger partial charge in [0, 0.05) is 13.1 Å². The SMILES string of the molecule is NCc1ccccc1S(=O)(=O)NCCC1CCC1. The molecule has 0 aromatic heterocycles. The van der Waals surface area contributed by atoms with E-state index >= 15 is 0 Å². The second-order valence-corrected chi connectivity index (χ2v) is 6.53. The summed E-state index contributed by atoms with van der Waals surface area (Å²) in [7, 11) is -3.41. The molecule has 1 fully saturated rings. The van der Waals surface area contributed by atoms with Crippen LogP contribution < -0.4 is 10.5 Å². The summed E-state index contributed by atoms with van der Waals surface area (Å²) in [6.07, 6.45) is 4.69. The summed E-state index contributed by atoms with van der Waals surface area (Å²) in [5.41, 5.74) is 6.22. The molecular formula is C13H20N2O2S. The third-order valence-corrected chi connectivity index (χ3v) is 5.11. The first-order valence-corrected chi connectivity index (χ1v) is 7.89. The third kappa shape index (κ3) is 3.10. The molecular weight excluding hydrogens is 248 g/mol. The Morgan fingerprint density at radius 3 is 2.61 bits per heavy atom. The highest BCUT2D eigenvalue weighted by atomic mass is 32.2. The zero-order valence-electron chi connectivity index (χ0n) is 10.4. The van der Waals surface area contributed by atoms with Crippen molar-refractivity contribution in [3.8, 4) is 0 Å². The number of benzene rings is 1. The van der Waals surface area contributed by atoms with E-state index in [4.69, 9.17) is 5.73 Å². The lowest BCUT2D eigenvalue weighted by atomic mass is 9.83. The minimum Gasteiger partial charge on any atom is -0.326 e. The molecule has 100 valence electrons. The van der Waals surface area contributed by atoms with Crippen molar-refractivity contribution in [2.45, 2.75) is 37.1 Å². The largest absolute Gasteiger partial charge is 0.326 e. The Bertz CT molecular complexity index is 495. The summed E-state index contributed by atoms with van der Waals surface area (Å²) in [5, 5.41) is 0. The fourth-order valence-electron chi connectivity index (χ4n) is 2.19. The summed E-state index contributed by atoms with van der Waals surface area (Å²) in [4.78, 5) is 0.307. The number of rotatable bonds is 6. The molecule has 1 saturated carbocycles. The van der Waals surface area contributed by atoms with Crippen LogP contribution in [-0.2, 0) is 16.6 Å². The molecule has 0 saturated heterocycles. The lowest BCUT2D eigenvalue weighted by molar-refractivity contribution is 0.297. The van der Waals surface area contributed by atoms with Crippen molar-refractivity contribution >= 4 is 10.0 Å². The predicted molar refractivity (Wildman–Crippen MR) is 71.5 cm³/mol. The van der Waals surface area contributed by atoms with Crippen LogP contribution >= 0.6 is 0 Å².